The van der Waals surface area contributed by atoms with Crippen LogP contribution in [0.1, 0.15) is 35.4 Å². The molecule has 0 saturated heterocycles. The highest BCUT2D eigenvalue weighted by molar-refractivity contribution is 7.89. The van der Waals surface area contributed by atoms with Crippen LogP contribution in [0.25, 0.3) is 0 Å². The molecule has 1 unspecified atom stereocenters. The predicted molar refractivity (Wildman–Crippen MR) is 111 cm³/mol. The number of rotatable bonds is 12. The van der Waals surface area contributed by atoms with Crippen molar-refractivity contribution >= 4 is 15.9 Å². The Balaban J connectivity index is 1.74. The molecule has 0 aromatic heterocycles. The zero-order chi connectivity index (χ0) is 21.1. The molecule has 0 aliphatic rings. The molecule has 0 bridgehead atoms. The topological polar surface area (TPSA) is 93.7 Å². The normalized spacial score (nSPS) is 12.5. The third-order valence-electron chi connectivity index (χ3n) is 4.27. The third kappa shape index (κ3) is 7.58. The first-order valence-electron chi connectivity index (χ1n) is 9.47. The monoisotopic (exact) mass is 420 g/mol. The van der Waals surface area contributed by atoms with Crippen LogP contribution in [0.3, 0.4) is 0 Å². The van der Waals surface area contributed by atoms with Crippen LogP contribution in [0.2, 0.25) is 0 Å². The average Bonchev–Trinajstić information content (AvgIpc) is 2.74. The van der Waals surface area contributed by atoms with Gasteiger partial charge in [0.25, 0.3) is 5.91 Å². The minimum Gasteiger partial charge on any atom is -0.383 e. The van der Waals surface area contributed by atoms with Crippen LogP contribution in [0.15, 0.2) is 59.5 Å². The zero-order valence-electron chi connectivity index (χ0n) is 16.8. The van der Waals surface area contributed by atoms with Crippen LogP contribution < -0.4 is 10.0 Å². The molecule has 2 aromatic carbocycles. The molecule has 0 heterocycles. The summed E-state index contributed by atoms with van der Waals surface area (Å²) in [7, 11) is -2.11. The van der Waals surface area contributed by atoms with E-state index in [2.05, 4.69) is 10.0 Å². The van der Waals surface area contributed by atoms with E-state index in [0.29, 0.717) is 25.1 Å². The van der Waals surface area contributed by atoms with Crippen LogP contribution in [-0.4, -0.2) is 47.7 Å². The molecule has 158 valence electrons. The molecule has 0 aliphatic heterocycles. The molecule has 1 amide bonds. The van der Waals surface area contributed by atoms with Crippen molar-refractivity contribution in [2.45, 2.75) is 24.3 Å². The summed E-state index contributed by atoms with van der Waals surface area (Å²) in [5.74, 6) is -0.252. The van der Waals surface area contributed by atoms with Gasteiger partial charge in [-0.3, -0.25) is 4.79 Å². The lowest BCUT2D eigenvalue weighted by Crippen LogP contribution is -2.27. The van der Waals surface area contributed by atoms with Gasteiger partial charge in [-0.1, -0.05) is 30.3 Å². The van der Waals surface area contributed by atoms with E-state index in [-0.39, 0.29) is 30.1 Å². The standard InChI is InChI=1S/C21H28N2O5S/c1-17(18-7-4-3-5-8-18)28-15-6-13-22-21(24)19-9-11-20(12-10-19)29(25,26)23-14-16-27-2/h3-5,7-12,17,23H,6,13-16H2,1-2H3,(H,22,24). The zero-order valence-corrected chi connectivity index (χ0v) is 17.6. The fourth-order valence-electron chi connectivity index (χ4n) is 2.60. The second kappa shape index (κ2) is 11.7. The summed E-state index contributed by atoms with van der Waals surface area (Å²) in [6.45, 7) is 3.47. The van der Waals surface area contributed by atoms with Gasteiger partial charge < -0.3 is 14.8 Å². The van der Waals surface area contributed by atoms with Crippen molar-refractivity contribution in [2.75, 3.05) is 33.4 Å². The SMILES string of the molecule is COCCNS(=O)(=O)c1ccc(C(=O)NCCCOC(C)c2ccccc2)cc1. The quantitative estimate of drug-likeness (QED) is 0.515. The van der Waals surface area contributed by atoms with Gasteiger partial charge in [0.05, 0.1) is 17.6 Å². The number of carbonyl (C=O) groups is 1. The molecule has 0 saturated carbocycles. The molecule has 2 N–H and O–H groups in total. The van der Waals surface area contributed by atoms with E-state index in [1.165, 1.54) is 31.4 Å². The minimum absolute atomic E-state index is 0.00102. The number of nitrogens with one attached hydrogen (secondary N) is 2. The van der Waals surface area contributed by atoms with Crippen molar-refractivity contribution in [1.29, 1.82) is 0 Å². The van der Waals surface area contributed by atoms with E-state index in [4.69, 9.17) is 9.47 Å². The second-order valence-corrected chi connectivity index (χ2v) is 8.22. The first kappa shape index (κ1) is 23.0. The maximum atomic E-state index is 12.2. The van der Waals surface area contributed by atoms with Crippen molar-refractivity contribution in [2.24, 2.45) is 0 Å². The summed E-state index contributed by atoms with van der Waals surface area (Å²) in [6.07, 6.45) is 0.678. The van der Waals surface area contributed by atoms with E-state index in [1.807, 2.05) is 37.3 Å². The summed E-state index contributed by atoms with van der Waals surface area (Å²) < 4.78 is 37.2. The van der Waals surface area contributed by atoms with E-state index >= 15 is 0 Å². The molecule has 1 atom stereocenters. The number of sulfonamides is 1. The Kier molecular flexibility index (Phi) is 9.27. The van der Waals surface area contributed by atoms with Crippen LogP contribution in [0.5, 0.6) is 0 Å². The fraction of sp³-hybridized carbons (Fsp3) is 0.381. The lowest BCUT2D eigenvalue weighted by molar-refractivity contribution is 0.0635. The van der Waals surface area contributed by atoms with Gasteiger partial charge >= 0.3 is 0 Å². The fourth-order valence-corrected chi connectivity index (χ4v) is 3.62. The van der Waals surface area contributed by atoms with Gasteiger partial charge in [-0.15, -0.1) is 0 Å². The molecule has 2 aromatic rings. The Labute approximate surface area is 172 Å². The van der Waals surface area contributed by atoms with Crippen molar-refractivity contribution < 1.29 is 22.7 Å². The maximum absolute atomic E-state index is 12.2. The highest BCUT2D eigenvalue weighted by atomic mass is 32.2. The molecular weight excluding hydrogens is 392 g/mol. The molecule has 29 heavy (non-hydrogen) atoms. The van der Waals surface area contributed by atoms with E-state index in [1.54, 1.807) is 0 Å². The van der Waals surface area contributed by atoms with Gasteiger partial charge in [0.2, 0.25) is 10.0 Å². The molecule has 0 radical (unpaired) electrons. The highest BCUT2D eigenvalue weighted by Crippen LogP contribution is 2.15. The molecule has 8 heteroatoms. The number of hydrogen-bond donors (Lipinski definition) is 2. The minimum atomic E-state index is -3.61. The van der Waals surface area contributed by atoms with Gasteiger partial charge in [-0.2, -0.15) is 0 Å². The summed E-state index contributed by atoms with van der Waals surface area (Å²) in [6, 6.07) is 15.8. The number of methoxy groups -OCH3 is 1. The van der Waals surface area contributed by atoms with Gasteiger partial charge in [0.15, 0.2) is 0 Å². The summed E-state index contributed by atoms with van der Waals surface area (Å²) in [4.78, 5) is 12.3. The Morgan fingerprint density at radius 3 is 2.34 bits per heavy atom. The number of ether oxygens (including phenoxy) is 2. The summed E-state index contributed by atoms with van der Waals surface area (Å²) in [5, 5.41) is 2.81. The Bertz CT molecular complexity index is 854. The Morgan fingerprint density at radius 2 is 1.69 bits per heavy atom. The summed E-state index contributed by atoms with van der Waals surface area (Å²) in [5.41, 5.74) is 1.52. The van der Waals surface area contributed by atoms with E-state index in [0.717, 1.165) is 5.56 Å². The van der Waals surface area contributed by atoms with Gasteiger partial charge in [-0.25, -0.2) is 13.1 Å². The maximum Gasteiger partial charge on any atom is 0.251 e. The summed E-state index contributed by atoms with van der Waals surface area (Å²) >= 11 is 0. The van der Waals surface area contributed by atoms with Gasteiger partial charge in [-0.05, 0) is 43.2 Å². The van der Waals surface area contributed by atoms with Gasteiger partial charge in [0, 0.05) is 32.4 Å². The van der Waals surface area contributed by atoms with E-state index < -0.39 is 10.0 Å². The number of carbonyl (C=O) groups excluding carboxylic acids is 1. The van der Waals surface area contributed by atoms with Crippen LogP contribution >= 0.6 is 0 Å². The molecular formula is C21H28N2O5S. The van der Waals surface area contributed by atoms with Crippen LogP contribution in [-0.2, 0) is 19.5 Å². The largest absolute Gasteiger partial charge is 0.383 e. The van der Waals surface area contributed by atoms with Crippen LogP contribution in [0, 0.1) is 0 Å². The predicted octanol–water partition coefficient (Wildman–Crippen LogP) is 2.51. The smallest absolute Gasteiger partial charge is 0.251 e. The van der Waals surface area contributed by atoms with Crippen molar-refractivity contribution in [3.05, 3.63) is 65.7 Å². The molecule has 0 spiro atoms. The highest BCUT2D eigenvalue weighted by Gasteiger charge is 2.14. The lowest BCUT2D eigenvalue weighted by Gasteiger charge is -2.13. The van der Waals surface area contributed by atoms with Crippen LogP contribution in [0.4, 0.5) is 0 Å². The van der Waals surface area contributed by atoms with Crippen molar-refractivity contribution in [1.82, 2.24) is 10.0 Å². The van der Waals surface area contributed by atoms with Crippen molar-refractivity contribution in [3.8, 4) is 0 Å². The number of hydrogen-bond acceptors (Lipinski definition) is 5. The van der Waals surface area contributed by atoms with Gasteiger partial charge in [0.1, 0.15) is 0 Å². The molecule has 7 nitrogen and oxygen atoms in total. The Hall–Kier alpha value is -2.26. The first-order valence-corrected chi connectivity index (χ1v) is 11.0. The number of benzene rings is 2. The van der Waals surface area contributed by atoms with Crippen molar-refractivity contribution in [3.63, 3.8) is 0 Å². The second-order valence-electron chi connectivity index (χ2n) is 6.45. The average molecular weight is 421 g/mol. The van der Waals surface area contributed by atoms with E-state index in [9.17, 15) is 13.2 Å². The molecule has 0 aliphatic carbocycles. The third-order valence-corrected chi connectivity index (χ3v) is 5.75. The molecule has 0 fully saturated rings. The molecule has 2 rings (SSSR count). The number of amides is 1. The first-order chi connectivity index (χ1) is 13.9. The Morgan fingerprint density at radius 1 is 1.00 bits per heavy atom. The lowest BCUT2D eigenvalue weighted by atomic mass is 10.1.